The van der Waals surface area contributed by atoms with Crippen molar-refractivity contribution in [2.45, 2.75) is 17.6 Å². The smallest absolute Gasteiger partial charge is 0.441 e. The molecule has 1 aromatic rings. The monoisotopic (exact) mass is 327 g/mol. The Kier molecular flexibility index (Phi) is 6.40. The van der Waals surface area contributed by atoms with Gasteiger partial charge in [-0.3, -0.25) is 0 Å². The number of hydrogen-bond donors (Lipinski definition) is 1. The molecule has 0 atom stereocenters. The Morgan fingerprint density at radius 2 is 2.15 bits per heavy atom. The summed E-state index contributed by atoms with van der Waals surface area (Å²) in [6.45, 7) is 1.85. The Bertz CT molecular complexity index is 472. The summed E-state index contributed by atoms with van der Waals surface area (Å²) in [6.07, 6.45) is 1.21. The second kappa shape index (κ2) is 7.58. The van der Waals surface area contributed by atoms with Gasteiger partial charge >= 0.3 is 11.5 Å². The zero-order valence-corrected chi connectivity index (χ0v) is 12.1. The van der Waals surface area contributed by atoms with Gasteiger partial charge in [-0.25, -0.2) is 14.8 Å². The Morgan fingerprint density at radius 1 is 1.45 bits per heavy atom. The van der Waals surface area contributed by atoms with Crippen molar-refractivity contribution in [1.82, 2.24) is 9.97 Å². The van der Waals surface area contributed by atoms with Gasteiger partial charge in [0, 0.05) is 17.7 Å². The van der Waals surface area contributed by atoms with Gasteiger partial charge in [-0.1, -0.05) is 23.5 Å². The molecule has 0 aromatic carbocycles. The lowest BCUT2D eigenvalue weighted by Crippen LogP contribution is -2.10. The average molecular weight is 327 g/mol. The van der Waals surface area contributed by atoms with Crippen molar-refractivity contribution in [2.75, 3.05) is 23.8 Å². The second-order valence-electron chi connectivity index (χ2n) is 3.31. The molecule has 0 spiro atoms. The van der Waals surface area contributed by atoms with Crippen LogP contribution in [0.15, 0.2) is 11.4 Å². The van der Waals surface area contributed by atoms with Crippen molar-refractivity contribution in [3.05, 3.63) is 11.8 Å². The molecular weight excluding hydrogens is 315 g/mol. The number of ether oxygens (including phenoxy) is 1. The summed E-state index contributed by atoms with van der Waals surface area (Å²) in [5.74, 6) is -0.613. The quantitative estimate of drug-likeness (QED) is 0.372. The van der Waals surface area contributed by atoms with Crippen LogP contribution in [0.5, 0.6) is 0 Å². The number of anilines is 1. The maximum absolute atomic E-state index is 11.9. The number of nitrogen functional groups attached to an aromatic ring is 1. The predicted molar refractivity (Wildman–Crippen MR) is 71.6 cm³/mol. The Morgan fingerprint density at radius 3 is 2.70 bits per heavy atom. The molecule has 0 saturated carbocycles. The van der Waals surface area contributed by atoms with Gasteiger partial charge in [0.1, 0.15) is 11.4 Å². The van der Waals surface area contributed by atoms with Crippen molar-refractivity contribution in [3.8, 4) is 0 Å². The SMILES string of the molecule is CCOC(=O)c1cnc(SCCSC(F)(F)F)nc1N. The van der Waals surface area contributed by atoms with Crippen LogP contribution in [-0.4, -0.2) is 39.6 Å². The number of alkyl halides is 3. The molecule has 0 fully saturated rings. The summed E-state index contributed by atoms with van der Waals surface area (Å²) in [5.41, 5.74) is 1.38. The minimum atomic E-state index is -4.24. The molecular formula is C10H12F3N3O2S2. The molecule has 1 aromatic heterocycles. The van der Waals surface area contributed by atoms with Crippen molar-refractivity contribution in [3.63, 3.8) is 0 Å². The van der Waals surface area contributed by atoms with Crippen LogP contribution in [0.25, 0.3) is 0 Å². The fourth-order valence-corrected chi connectivity index (χ4v) is 2.47. The van der Waals surface area contributed by atoms with Gasteiger partial charge in [0.25, 0.3) is 0 Å². The van der Waals surface area contributed by atoms with E-state index in [9.17, 15) is 18.0 Å². The lowest BCUT2D eigenvalue weighted by atomic mass is 10.3. The molecule has 0 radical (unpaired) electrons. The third-order valence-electron chi connectivity index (χ3n) is 1.87. The summed E-state index contributed by atoms with van der Waals surface area (Å²) in [4.78, 5) is 19.1. The number of rotatable bonds is 6. The molecule has 0 unspecified atom stereocenters. The van der Waals surface area contributed by atoms with Crippen molar-refractivity contribution >= 4 is 35.3 Å². The number of aromatic nitrogens is 2. The normalized spacial score (nSPS) is 11.4. The molecule has 1 heterocycles. The number of esters is 1. The van der Waals surface area contributed by atoms with Gasteiger partial charge in [-0.05, 0) is 6.92 Å². The van der Waals surface area contributed by atoms with Gasteiger partial charge in [-0.15, -0.1) is 0 Å². The number of nitrogens with two attached hydrogens (primary N) is 1. The van der Waals surface area contributed by atoms with E-state index in [0.29, 0.717) is 0 Å². The fourth-order valence-electron chi connectivity index (χ4n) is 1.10. The van der Waals surface area contributed by atoms with E-state index in [1.165, 1.54) is 6.20 Å². The minimum Gasteiger partial charge on any atom is -0.462 e. The molecule has 112 valence electrons. The molecule has 0 aliphatic heterocycles. The first-order valence-corrected chi connectivity index (χ1v) is 7.43. The number of thioether (sulfide) groups is 2. The van der Waals surface area contributed by atoms with Gasteiger partial charge in [0.05, 0.1) is 6.61 Å². The van der Waals surface area contributed by atoms with Crippen LogP contribution in [0, 0.1) is 0 Å². The van der Waals surface area contributed by atoms with E-state index in [-0.39, 0.29) is 46.4 Å². The van der Waals surface area contributed by atoms with E-state index < -0.39 is 11.5 Å². The maximum Gasteiger partial charge on any atom is 0.441 e. The summed E-state index contributed by atoms with van der Waals surface area (Å²) in [6, 6.07) is 0. The van der Waals surface area contributed by atoms with Crippen LogP contribution >= 0.6 is 23.5 Å². The van der Waals surface area contributed by atoms with Crippen LogP contribution in [-0.2, 0) is 4.74 Å². The maximum atomic E-state index is 11.9. The summed E-state index contributed by atoms with van der Waals surface area (Å²) in [5, 5.41) is 0.221. The molecule has 0 saturated heterocycles. The zero-order valence-electron chi connectivity index (χ0n) is 10.4. The van der Waals surface area contributed by atoms with E-state index >= 15 is 0 Å². The van der Waals surface area contributed by atoms with E-state index in [1.807, 2.05) is 0 Å². The highest BCUT2D eigenvalue weighted by atomic mass is 32.2. The molecule has 0 aliphatic rings. The highest BCUT2D eigenvalue weighted by molar-refractivity contribution is 8.03. The van der Waals surface area contributed by atoms with Crippen LogP contribution in [0.1, 0.15) is 17.3 Å². The molecule has 0 amide bonds. The lowest BCUT2D eigenvalue weighted by molar-refractivity contribution is -0.0326. The fraction of sp³-hybridized carbons (Fsp3) is 0.500. The van der Waals surface area contributed by atoms with E-state index in [2.05, 4.69) is 9.97 Å². The molecule has 5 nitrogen and oxygen atoms in total. The Labute approximate surface area is 121 Å². The second-order valence-corrected chi connectivity index (χ2v) is 5.54. The molecule has 0 bridgehead atoms. The lowest BCUT2D eigenvalue weighted by Gasteiger charge is -2.06. The van der Waals surface area contributed by atoms with Crippen molar-refractivity contribution < 1.29 is 22.7 Å². The topological polar surface area (TPSA) is 78.1 Å². The summed E-state index contributed by atoms with van der Waals surface area (Å²) in [7, 11) is 0. The van der Waals surface area contributed by atoms with E-state index in [0.717, 1.165) is 11.8 Å². The average Bonchev–Trinajstić information content (AvgIpc) is 2.34. The first kappa shape index (κ1) is 16.9. The zero-order chi connectivity index (χ0) is 15.2. The molecule has 1 rings (SSSR count). The molecule has 2 N–H and O–H groups in total. The highest BCUT2D eigenvalue weighted by Crippen LogP contribution is 2.31. The van der Waals surface area contributed by atoms with Gasteiger partial charge < -0.3 is 10.5 Å². The number of carbonyl (C=O) groups is 1. The first-order valence-electron chi connectivity index (χ1n) is 5.46. The highest BCUT2D eigenvalue weighted by Gasteiger charge is 2.27. The summed E-state index contributed by atoms with van der Waals surface area (Å²) >= 11 is 0.924. The largest absolute Gasteiger partial charge is 0.462 e. The van der Waals surface area contributed by atoms with E-state index in [1.54, 1.807) is 6.92 Å². The van der Waals surface area contributed by atoms with Crippen LogP contribution in [0.2, 0.25) is 0 Å². The Hall–Kier alpha value is -1.16. The van der Waals surface area contributed by atoms with Crippen molar-refractivity contribution in [2.24, 2.45) is 0 Å². The third kappa shape index (κ3) is 5.87. The summed E-state index contributed by atoms with van der Waals surface area (Å²) < 4.78 is 40.5. The standard InChI is InChI=1S/C10H12F3N3O2S2/c1-2-18-8(17)6-5-15-9(16-7(6)14)19-3-4-20-10(11,12)13/h5H,2-4H2,1H3,(H2,14,15,16). The third-order valence-corrected chi connectivity index (χ3v) is 3.73. The number of carbonyl (C=O) groups excluding carboxylic acids is 1. The number of nitrogens with zero attached hydrogens (tertiary/aromatic N) is 2. The minimum absolute atomic E-state index is 0.0425. The first-order chi connectivity index (χ1) is 9.33. The van der Waals surface area contributed by atoms with Gasteiger partial charge in [0.2, 0.25) is 0 Å². The molecule has 0 aliphatic carbocycles. The molecule has 10 heteroatoms. The Balaban J connectivity index is 2.53. The predicted octanol–water partition coefficient (Wildman–Crippen LogP) is 2.58. The van der Waals surface area contributed by atoms with Crippen LogP contribution in [0.3, 0.4) is 0 Å². The van der Waals surface area contributed by atoms with Crippen LogP contribution < -0.4 is 5.73 Å². The van der Waals surface area contributed by atoms with Crippen LogP contribution in [0.4, 0.5) is 19.0 Å². The van der Waals surface area contributed by atoms with Crippen molar-refractivity contribution in [1.29, 1.82) is 0 Å². The number of hydrogen-bond acceptors (Lipinski definition) is 7. The van der Waals surface area contributed by atoms with Gasteiger partial charge in [-0.2, -0.15) is 13.2 Å². The molecule has 20 heavy (non-hydrogen) atoms. The number of halogens is 3. The van der Waals surface area contributed by atoms with Gasteiger partial charge in [0.15, 0.2) is 5.16 Å². The van der Waals surface area contributed by atoms with E-state index in [4.69, 9.17) is 10.5 Å².